The molecule has 0 amide bonds. The molecule has 16 heavy (non-hydrogen) atoms. The SMILES string of the molecule is C=CCN(C(C)C)S(=O)(=O)CCNC1CC1. The van der Waals surface area contributed by atoms with Crippen LogP contribution in [0, 0.1) is 0 Å². The predicted molar refractivity (Wildman–Crippen MR) is 66.9 cm³/mol. The van der Waals surface area contributed by atoms with Gasteiger partial charge in [-0.3, -0.25) is 0 Å². The summed E-state index contributed by atoms with van der Waals surface area (Å²) in [4.78, 5) is 0. The molecule has 0 aromatic heterocycles. The zero-order chi connectivity index (χ0) is 12.2. The number of hydrogen-bond donors (Lipinski definition) is 1. The van der Waals surface area contributed by atoms with Crippen molar-refractivity contribution in [3.8, 4) is 0 Å². The minimum absolute atomic E-state index is 0.0103. The number of hydrogen-bond acceptors (Lipinski definition) is 3. The van der Waals surface area contributed by atoms with Crippen LogP contribution >= 0.6 is 0 Å². The van der Waals surface area contributed by atoms with E-state index in [9.17, 15) is 8.42 Å². The number of nitrogens with zero attached hydrogens (tertiary/aromatic N) is 1. The van der Waals surface area contributed by atoms with Crippen molar-refractivity contribution in [2.24, 2.45) is 0 Å². The van der Waals surface area contributed by atoms with Gasteiger partial charge in [-0.15, -0.1) is 6.58 Å². The lowest BCUT2D eigenvalue weighted by atomic mass is 10.4. The van der Waals surface area contributed by atoms with Gasteiger partial charge in [0.15, 0.2) is 0 Å². The van der Waals surface area contributed by atoms with E-state index >= 15 is 0 Å². The van der Waals surface area contributed by atoms with Crippen molar-refractivity contribution in [3.05, 3.63) is 12.7 Å². The third-order valence-electron chi connectivity index (χ3n) is 2.61. The molecule has 0 radical (unpaired) electrons. The van der Waals surface area contributed by atoms with Crippen LogP contribution in [0.4, 0.5) is 0 Å². The Morgan fingerprint density at radius 3 is 2.56 bits per heavy atom. The Kier molecular flexibility index (Phi) is 4.95. The monoisotopic (exact) mass is 246 g/mol. The van der Waals surface area contributed by atoms with Crippen LogP contribution in [0.15, 0.2) is 12.7 Å². The topological polar surface area (TPSA) is 49.4 Å². The Bertz CT molecular complexity index is 321. The molecule has 0 saturated heterocycles. The standard InChI is InChI=1S/C11H22N2O2S/c1-4-8-13(10(2)3)16(14,15)9-7-12-11-5-6-11/h4,10-12H,1,5-9H2,2-3H3. The summed E-state index contributed by atoms with van der Waals surface area (Å²) in [5.41, 5.74) is 0. The zero-order valence-electron chi connectivity index (χ0n) is 10.1. The average Bonchev–Trinajstić information content (AvgIpc) is 2.96. The highest BCUT2D eigenvalue weighted by Gasteiger charge is 2.25. The molecule has 1 aliphatic rings. The van der Waals surface area contributed by atoms with Crippen LogP contribution in [0.2, 0.25) is 0 Å². The number of rotatable bonds is 8. The molecule has 0 unspecified atom stereocenters. The van der Waals surface area contributed by atoms with Gasteiger partial charge < -0.3 is 5.32 Å². The fourth-order valence-corrected chi connectivity index (χ4v) is 3.15. The molecule has 1 rings (SSSR count). The second kappa shape index (κ2) is 5.80. The Morgan fingerprint density at radius 1 is 1.50 bits per heavy atom. The lowest BCUT2D eigenvalue weighted by Gasteiger charge is -2.24. The molecule has 0 spiro atoms. The summed E-state index contributed by atoms with van der Waals surface area (Å²) in [6, 6.07) is 0.547. The van der Waals surface area contributed by atoms with Crippen molar-refractivity contribution >= 4 is 10.0 Å². The van der Waals surface area contributed by atoms with Gasteiger partial charge in [-0.05, 0) is 26.7 Å². The summed E-state index contributed by atoms with van der Waals surface area (Å²) in [6.07, 6.45) is 3.99. The molecule has 0 aliphatic heterocycles. The summed E-state index contributed by atoms with van der Waals surface area (Å²) >= 11 is 0. The summed E-state index contributed by atoms with van der Waals surface area (Å²) in [7, 11) is -3.15. The number of nitrogens with one attached hydrogen (secondary N) is 1. The Hall–Kier alpha value is -0.390. The lowest BCUT2D eigenvalue weighted by molar-refractivity contribution is 0.382. The normalized spacial score (nSPS) is 17.0. The maximum Gasteiger partial charge on any atom is 0.215 e. The van der Waals surface area contributed by atoms with Gasteiger partial charge in [-0.25, -0.2) is 8.42 Å². The Balaban J connectivity index is 2.46. The first-order chi connectivity index (χ1) is 7.47. The average molecular weight is 246 g/mol. The van der Waals surface area contributed by atoms with E-state index in [0.717, 1.165) is 0 Å². The van der Waals surface area contributed by atoms with Crippen LogP contribution in [0.5, 0.6) is 0 Å². The van der Waals surface area contributed by atoms with Gasteiger partial charge in [0.25, 0.3) is 0 Å². The van der Waals surface area contributed by atoms with E-state index in [-0.39, 0.29) is 11.8 Å². The molecule has 94 valence electrons. The van der Waals surface area contributed by atoms with E-state index in [4.69, 9.17) is 0 Å². The summed E-state index contributed by atoms with van der Waals surface area (Å²) in [5.74, 6) is 0.176. The number of sulfonamides is 1. The zero-order valence-corrected chi connectivity index (χ0v) is 11.0. The fourth-order valence-electron chi connectivity index (χ4n) is 1.57. The van der Waals surface area contributed by atoms with Crippen molar-refractivity contribution in [1.82, 2.24) is 9.62 Å². The van der Waals surface area contributed by atoms with E-state index in [2.05, 4.69) is 11.9 Å². The van der Waals surface area contributed by atoms with Crippen molar-refractivity contribution in [2.45, 2.75) is 38.8 Å². The van der Waals surface area contributed by atoms with Gasteiger partial charge in [-0.2, -0.15) is 4.31 Å². The molecule has 0 aromatic rings. The van der Waals surface area contributed by atoms with E-state index in [1.165, 1.54) is 17.1 Å². The molecular weight excluding hydrogens is 224 g/mol. The van der Waals surface area contributed by atoms with E-state index in [1.54, 1.807) is 6.08 Å². The third-order valence-corrected chi connectivity index (χ3v) is 4.62. The van der Waals surface area contributed by atoms with Crippen LogP contribution in [0.3, 0.4) is 0 Å². The summed E-state index contributed by atoms with van der Waals surface area (Å²) in [6.45, 7) is 8.30. The Morgan fingerprint density at radius 2 is 2.12 bits per heavy atom. The second-order valence-electron chi connectivity index (χ2n) is 4.50. The minimum Gasteiger partial charge on any atom is -0.313 e. The first-order valence-corrected chi connectivity index (χ1v) is 7.42. The molecule has 1 fully saturated rings. The van der Waals surface area contributed by atoms with Gasteiger partial charge in [-0.1, -0.05) is 6.08 Å². The maximum absolute atomic E-state index is 12.0. The van der Waals surface area contributed by atoms with Crippen LogP contribution in [-0.4, -0.2) is 43.6 Å². The minimum atomic E-state index is -3.15. The van der Waals surface area contributed by atoms with Crippen LogP contribution in [0.25, 0.3) is 0 Å². The highest BCUT2D eigenvalue weighted by Crippen LogP contribution is 2.18. The van der Waals surface area contributed by atoms with E-state index < -0.39 is 10.0 Å². The largest absolute Gasteiger partial charge is 0.313 e. The predicted octanol–water partition coefficient (Wildman–Crippen LogP) is 0.965. The van der Waals surface area contributed by atoms with Gasteiger partial charge in [0.2, 0.25) is 10.0 Å². The van der Waals surface area contributed by atoms with Crippen LogP contribution in [-0.2, 0) is 10.0 Å². The van der Waals surface area contributed by atoms with Gasteiger partial charge >= 0.3 is 0 Å². The summed E-state index contributed by atoms with van der Waals surface area (Å²) < 4.78 is 25.5. The van der Waals surface area contributed by atoms with Gasteiger partial charge in [0.1, 0.15) is 0 Å². The van der Waals surface area contributed by atoms with Crippen molar-refractivity contribution in [3.63, 3.8) is 0 Å². The first-order valence-electron chi connectivity index (χ1n) is 5.81. The van der Waals surface area contributed by atoms with Crippen molar-refractivity contribution < 1.29 is 8.42 Å². The van der Waals surface area contributed by atoms with Gasteiger partial charge in [0.05, 0.1) is 5.75 Å². The highest BCUT2D eigenvalue weighted by atomic mass is 32.2. The van der Waals surface area contributed by atoms with E-state index in [1.807, 2.05) is 13.8 Å². The quantitative estimate of drug-likeness (QED) is 0.649. The molecule has 0 aromatic carbocycles. The molecule has 0 atom stereocenters. The molecule has 0 heterocycles. The second-order valence-corrected chi connectivity index (χ2v) is 6.54. The molecule has 1 aliphatic carbocycles. The molecular formula is C11H22N2O2S. The maximum atomic E-state index is 12.0. The highest BCUT2D eigenvalue weighted by molar-refractivity contribution is 7.89. The molecule has 1 saturated carbocycles. The van der Waals surface area contributed by atoms with Crippen LogP contribution < -0.4 is 5.32 Å². The van der Waals surface area contributed by atoms with Crippen molar-refractivity contribution in [2.75, 3.05) is 18.8 Å². The van der Waals surface area contributed by atoms with Crippen LogP contribution in [0.1, 0.15) is 26.7 Å². The lowest BCUT2D eigenvalue weighted by Crippen LogP contribution is -2.41. The van der Waals surface area contributed by atoms with E-state index in [0.29, 0.717) is 19.1 Å². The summed E-state index contributed by atoms with van der Waals surface area (Å²) in [5, 5.41) is 3.22. The smallest absolute Gasteiger partial charge is 0.215 e. The van der Waals surface area contributed by atoms with Crippen molar-refractivity contribution in [1.29, 1.82) is 0 Å². The molecule has 1 N–H and O–H groups in total. The Labute approximate surface area is 98.8 Å². The third kappa shape index (κ3) is 4.23. The molecule has 0 bridgehead atoms. The molecule has 4 nitrogen and oxygen atoms in total. The van der Waals surface area contributed by atoms with Gasteiger partial charge in [0, 0.05) is 25.2 Å². The fraction of sp³-hybridized carbons (Fsp3) is 0.818. The molecule has 5 heteroatoms. The first kappa shape index (κ1) is 13.7.